The molecule has 0 spiro atoms. The number of carboxylic acids is 1. The molecule has 0 aromatic rings. The van der Waals surface area contributed by atoms with Crippen molar-refractivity contribution in [2.75, 3.05) is 31.6 Å². The van der Waals surface area contributed by atoms with Gasteiger partial charge in [0.25, 0.3) is 0 Å². The Kier molecular flexibility index (Phi) is 5.62. The van der Waals surface area contributed by atoms with E-state index in [1.807, 2.05) is 0 Å². The summed E-state index contributed by atoms with van der Waals surface area (Å²) in [5.74, 6) is -0.751. The van der Waals surface area contributed by atoms with Crippen molar-refractivity contribution in [1.82, 2.24) is 10.2 Å². The van der Waals surface area contributed by atoms with Crippen molar-refractivity contribution in [2.45, 2.75) is 18.9 Å². The number of thioether (sulfide) groups is 1. The van der Waals surface area contributed by atoms with Crippen LogP contribution in [0.15, 0.2) is 0 Å². The van der Waals surface area contributed by atoms with Crippen LogP contribution in [-0.4, -0.2) is 59.6 Å². The molecule has 0 radical (unpaired) electrons. The van der Waals surface area contributed by atoms with E-state index in [2.05, 4.69) is 17.3 Å². The van der Waals surface area contributed by atoms with E-state index in [4.69, 9.17) is 5.11 Å². The number of likely N-dealkylation sites (N-methyl/N-ethyl adjacent to an activating group) is 1. The van der Waals surface area contributed by atoms with E-state index in [-0.39, 0.29) is 17.4 Å². The quantitative estimate of drug-likeness (QED) is 0.691. The summed E-state index contributed by atoms with van der Waals surface area (Å²) in [6, 6.07) is 0.438. The van der Waals surface area contributed by atoms with Crippen molar-refractivity contribution >= 4 is 23.6 Å². The Morgan fingerprint density at radius 1 is 1.50 bits per heavy atom. The van der Waals surface area contributed by atoms with Gasteiger partial charge >= 0.3 is 5.97 Å². The molecule has 1 atom stereocenters. The van der Waals surface area contributed by atoms with E-state index in [1.165, 1.54) is 6.42 Å². The third-order valence-electron chi connectivity index (χ3n) is 2.67. The summed E-state index contributed by atoms with van der Waals surface area (Å²) in [7, 11) is 2.06. The van der Waals surface area contributed by atoms with Crippen LogP contribution in [-0.2, 0) is 9.59 Å². The summed E-state index contributed by atoms with van der Waals surface area (Å²) in [6.45, 7) is 1.76. The smallest absolute Gasteiger partial charge is 0.313 e. The molecule has 1 heterocycles. The maximum absolute atomic E-state index is 11.3. The van der Waals surface area contributed by atoms with Crippen LogP contribution in [0, 0.1) is 0 Å². The molecular weight excluding hydrogens is 228 g/mol. The molecule has 1 aliphatic rings. The van der Waals surface area contributed by atoms with E-state index in [9.17, 15) is 9.59 Å². The molecule has 1 rings (SSSR count). The summed E-state index contributed by atoms with van der Waals surface area (Å²) in [4.78, 5) is 23.8. The molecule has 0 aliphatic carbocycles. The van der Waals surface area contributed by atoms with Gasteiger partial charge in [-0.3, -0.25) is 9.59 Å². The minimum absolute atomic E-state index is 0.0171. The molecule has 0 aromatic carbocycles. The fourth-order valence-electron chi connectivity index (χ4n) is 1.75. The zero-order valence-electron chi connectivity index (χ0n) is 9.44. The highest BCUT2D eigenvalue weighted by Gasteiger charge is 2.20. The Bertz CT molecular complexity index is 260. The Morgan fingerprint density at radius 2 is 2.25 bits per heavy atom. The number of hydrogen-bond donors (Lipinski definition) is 2. The van der Waals surface area contributed by atoms with Crippen molar-refractivity contribution < 1.29 is 14.7 Å². The predicted molar refractivity (Wildman–Crippen MR) is 63.6 cm³/mol. The van der Waals surface area contributed by atoms with Crippen LogP contribution in [0.2, 0.25) is 0 Å². The number of likely N-dealkylation sites (tertiary alicyclic amines) is 1. The first-order valence-corrected chi connectivity index (χ1v) is 6.51. The number of aliphatic carboxylic acids is 1. The van der Waals surface area contributed by atoms with Crippen LogP contribution >= 0.6 is 11.8 Å². The molecular formula is C10H18N2O3S. The van der Waals surface area contributed by atoms with E-state index in [1.54, 1.807) is 0 Å². The van der Waals surface area contributed by atoms with E-state index in [0.717, 1.165) is 24.7 Å². The average molecular weight is 246 g/mol. The zero-order valence-corrected chi connectivity index (χ0v) is 10.3. The van der Waals surface area contributed by atoms with Gasteiger partial charge in [-0.2, -0.15) is 0 Å². The van der Waals surface area contributed by atoms with Gasteiger partial charge in [0.2, 0.25) is 5.91 Å². The van der Waals surface area contributed by atoms with Gasteiger partial charge in [-0.25, -0.2) is 0 Å². The first-order valence-electron chi connectivity index (χ1n) is 5.36. The van der Waals surface area contributed by atoms with Gasteiger partial charge in [0.05, 0.1) is 11.5 Å². The van der Waals surface area contributed by atoms with E-state index < -0.39 is 5.97 Å². The monoisotopic (exact) mass is 246 g/mol. The molecule has 1 aliphatic heterocycles. The van der Waals surface area contributed by atoms with Crippen molar-refractivity contribution in [3.05, 3.63) is 0 Å². The number of nitrogens with one attached hydrogen (secondary N) is 1. The molecule has 6 heteroatoms. The number of hydrogen-bond acceptors (Lipinski definition) is 4. The van der Waals surface area contributed by atoms with Gasteiger partial charge in [-0.1, -0.05) is 0 Å². The number of nitrogens with zero attached hydrogens (tertiary/aromatic N) is 1. The minimum Gasteiger partial charge on any atom is -0.481 e. The summed E-state index contributed by atoms with van der Waals surface area (Å²) >= 11 is 1.13. The lowest BCUT2D eigenvalue weighted by Crippen LogP contribution is -2.38. The van der Waals surface area contributed by atoms with Gasteiger partial charge in [0.15, 0.2) is 0 Å². The van der Waals surface area contributed by atoms with Crippen LogP contribution in [0.25, 0.3) is 0 Å². The maximum Gasteiger partial charge on any atom is 0.313 e. The van der Waals surface area contributed by atoms with Crippen molar-refractivity contribution in [3.8, 4) is 0 Å². The number of rotatable bonds is 6. The predicted octanol–water partition coefficient (Wildman–Crippen LogP) is 0.0146. The van der Waals surface area contributed by atoms with Crippen LogP contribution in [0.3, 0.4) is 0 Å². The van der Waals surface area contributed by atoms with Gasteiger partial charge in [0, 0.05) is 12.6 Å². The van der Waals surface area contributed by atoms with Crippen LogP contribution in [0.1, 0.15) is 12.8 Å². The zero-order chi connectivity index (χ0) is 12.0. The lowest BCUT2D eigenvalue weighted by molar-refractivity contribution is -0.133. The summed E-state index contributed by atoms with van der Waals surface area (Å²) in [5.41, 5.74) is 0. The molecule has 0 bridgehead atoms. The lowest BCUT2D eigenvalue weighted by Gasteiger charge is -2.19. The van der Waals surface area contributed by atoms with Crippen molar-refractivity contribution in [3.63, 3.8) is 0 Å². The normalized spacial score (nSPS) is 20.9. The standard InChI is InChI=1S/C10H18N2O3S/c1-12-4-2-3-8(12)5-11-9(13)6-16-7-10(14)15/h8H,2-7H2,1H3,(H,11,13)(H,14,15). The molecule has 0 saturated carbocycles. The minimum atomic E-state index is -0.881. The van der Waals surface area contributed by atoms with Gasteiger partial charge in [0.1, 0.15) is 0 Å². The summed E-state index contributed by atoms with van der Waals surface area (Å²) in [6.07, 6.45) is 2.31. The highest BCUT2D eigenvalue weighted by atomic mass is 32.2. The number of carbonyl (C=O) groups is 2. The molecule has 92 valence electrons. The first kappa shape index (κ1) is 13.3. The van der Waals surface area contributed by atoms with Crippen LogP contribution < -0.4 is 5.32 Å². The molecule has 16 heavy (non-hydrogen) atoms. The molecule has 1 fully saturated rings. The number of carboxylic acid groups (broad SMARTS) is 1. The molecule has 0 aromatic heterocycles. The molecule has 2 N–H and O–H groups in total. The van der Waals surface area contributed by atoms with Gasteiger partial charge in [-0.15, -0.1) is 11.8 Å². The Labute approximate surface area is 99.6 Å². The van der Waals surface area contributed by atoms with Crippen molar-refractivity contribution in [2.24, 2.45) is 0 Å². The molecule has 1 unspecified atom stereocenters. The van der Waals surface area contributed by atoms with E-state index >= 15 is 0 Å². The Balaban J connectivity index is 2.08. The van der Waals surface area contributed by atoms with Crippen LogP contribution in [0.4, 0.5) is 0 Å². The number of carbonyl (C=O) groups excluding carboxylic acids is 1. The average Bonchev–Trinajstić information content (AvgIpc) is 2.60. The fraction of sp³-hybridized carbons (Fsp3) is 0.800. The molecule has 1 amide bonds. The van der Waals surface area contributed by atoms with Gasteiger partial charge in [-0.05, 0) is 26.4 Å². The van der Waals surface area contributed by atoms with E-state index in [0.29, 0.717) is 12.6 Å². The highest BCUT2D eigenvalue weighted by Crippen LogP contribution is 2.13. The van der Waals surface area contributed by atoms with Gasteiger partial charge < -0.3 is 15.3 Å². The second-order valence-electron chi connectivity index (χ2n) is 3.97. The lowest BCUT2D eigenvalue weighted by atomic mass is 10.2. The first-order chi connectivity index (χ1) is 7.59. The summed E-state index contributed by atoms with van der Waals surface area (Å²) in [5, 5.41) is 11.2. The highest BCUT2D eigenvalue weighted by molar-refractivity contribution is 8.00. The summed E-state index contributed by atoms with van der Waals surface area (Å²) < 4.78 is 0. The third-order valence-corrected chi connectivity index (χ3v) is 3.58. The molecule has 1 saturated heterocycles. The number of amides is 1. The second-order valence-corrected chi connectivity index (χ2v) is 4.95. The topological polar surface area (TPSA) is 69.6 Å². The van der Waals surface area contributed by atoms with Crippen molar-refractivity contribution in [1.29, 1.82) is 0 Å². The van der Waals surface area contributed by atoms with Crippen LogP contribution in [0.5, 0.6) is 0 Å². The maximum atomic E-state index is 11.3. The SMILES string of the molecule is CN1CCCC1CNC(=O)CSCC(=O)O. The fourth-order valence-corrected chi connectivity index (χ4v) is 2.32. The molecule has 5 nitrogen and oxygen atoms in total. The Morgan fingerprint density at radius 3 is 2.81 bits per heavy atom. The Hall–Kier alpha value is -0.750. The third kappa shape index (κ3) is 4.85. The largest absolute Gasteiger partial charge is 0.481 e. The second kappa shape index (κ2) is 6.75.